The van der Waals surface area contributed by atoms with Gasteiger partial charge in [0.05, 0.1) is 16.6 Å². The number of anilines is 2. The van der Waals surface area contributed by atoms with Crippen LogP contribution in [0.3, 0.4) is 0 Å². The van der Waals surface area contributed by atoms with Crippen molar-refractivity contribution in [3.8, 4) is 0 Å². The zero-order chi connectivity index (χ0) is 19.4. The molecule has 0 saturated carbocycles. The van der Waals surface area contributed by atoms with Gasteiger partial charge in [0.1, 0.15) is 0 Å². The van der Waals surface area contributed by atoms with Crippen molar-refractivity contribution < 1.29 is 4.79 Å². The van der Waals surface area contributed by atoms with Gasteiger partial charge < -0.3 is 10.6 Å². The summed E-state index contributed by atoms with van der Waals surface area (Å²) in [6.07, 6.45) is 1.84. The number of ketones is 1. The van der Waals surface area contributed by atoms with Gasteiger partial charge in [-0.25, -0.2) is 0 Å². The van der Waals surface area contributed by atoms with Crippen molar-refractivity contribution in [3.63, 3.8) is 0 Å². The minimum absolute atomic E-state index is 0.00132. The van der Waals surface area contributed by atoms with Crippen molar-refractivity contribution in [2.24, 2.45) is 0 Å². The van der Waals surface area contributed by atoms with E-state index >= 15 is 0 Å². The maximum absolute atomic E-state index is 11.5. The fourth-order valence-corrected chi connectivity index (χ4v) is 2.98. The summed E-state index contributed by atoms with van der Waals surface area (Å²) in [6.45, 7) is 2.08. The van der Waals surface area contributed by atoms with Crippen LogP contribution in [0.1, 0.15) is 22.8 Å². The van der Waals surface area contributed by atoms with Gasteiger partial charge in [-0.1, -0.05) is 41.4 Å². The number of aromatic nitrogens is 2. The van der Waals surface area contributed by atoms with Crippen LogP contribution < -0.4 is 10.6 Å². The van der Waals surface area contributed by atoms with Gasteiger partial charge in [0.15, 0.2) is 16.7 Å². The Hall–Kier alpha value is -2.41. The molecule has 2 aromatic carbocycles. The minimum atomic E-state index is -0.00132. The minimum Gasteiger partial charge on any atom is -0.332 e. The number of rotatable bonds is 5. The lowest BCUT2D eigenvalue weighted by molar-refractivity contribution is 0.101. The van der Waals surface area contributed by atoms with Crippen LogP contribution in [0, 0.1) is 0 Å². The lowest BCUT2D eigenvalue weighted by Gasteiger charge is -2.09. The van der Waals surface area contributed by atoms with Gasteiger partial charge in [-0.2, -0.15) is 5.10 Å². The van der Waals surface area contributed by atoms with Crippen molar-refractivity contribution in [1.29, 1.82) is 0 Å². The molecule has 0 spiro atoms. The zero-order valence-electron chi connectivity index (χ0n) is 14.4. The van der Waals surface area contributed by atoms with Crippen LogP contribution >= 0.6 is 35.4 Å². The topological polar surface area (TPSA) is 59.0 Å². The summed E-state index contributed by atoms with van der Waals surface area (Å²) in [4.78, 5) is 11.5. The molecule has 5 nitrogen and oxygen atoms in total. The normalized spacial score (nSPS) is 10.5. The Kier molecular flexibility index (Phi) is 6.11. The molecule has 0 aliphatic rings. The Morgan fingerprint density at radius 2 is 1.93 bits per heavy atom. The molecular formula is C19H16Cl2N4OS. The molecule has 0 bridgehead atoms. The number of carbonyl (C=O) groups is 1. The fourth-order valence-electron chi connectivity index (χ4n) is 2.44. The first kappa shape index (κ1) is 19.4. The molecule has 8 heteroatoms. The van der Waals surface area contributed by atoms with Crippen LogP contribution in [0.4, 0.5) is 11.5 Å². The van der Waals surface area contributed by atoms with Gasteiger partial charge >= 0.3 is 0 Å². The summed E-state index contributed by atoms with van der Waals surface area (Å²) in [5.41, 5.74) is 2.34. The highest BCUT2D eigenvalue weighted by Gasteiger charge is 2.06. The predicted molar refractivity (Wildman–Crippen MR) is 114 cm³/mol. The molecule has 2 N–H and O–H groups in total. The standard InChI is InChI=1S/C19H16Cl2N4OS/c1-12(26)14-3-2-4-15(10-14)22-19(27)23-18-7-8-25(24-18)11-13-5-6-16(20)17(21)9-13/h2-10H,11H2,1H3,(H2,22,23,24,27). The van der Waals surface area contributed by atoms with E-state index in [-0.39, 0.29) is 5.78 Å². The van der Waals surface area contributed by atoms with E-state index in [1.807, 2.05) is 30.5 Å². The first-order chi connectivity index (χ1) is 12.9. The zero-order valence-corrected chi connectivity index (χ0v) is 16.7. The summed E-state index contributed by atoms with van der Waals surface area (Å²) in [7, 11) is 0. The first-order valence-corrected chi connectivity index (χ1v) is 9.23. The van der Waals surface area contributed by atoms with E-state index in [0.29, 0.717) is 33.1 Å². The predicted octanol–water partition coefficient (Wildman–Crippen LogP) is 5.25. The maximum atomic E-state index is 11.5. The van der Waals surface area contributed by atoms with Crippen LogP contribution in [0.2, 0.25) is 10.0 Å². The highest BCUT2D eigenvalue weighted by atomic mass is 35.5. The number of Topliss-reactive ketones (excluding diaryl/α,β-unsaturated/α-hetero) is 1. The molecule has 0 aliphatic heterocycles. The summed E-state index contributed by atoms with van der Waals surface area (Å²) in [5, 5.41) is 11.9. The molecule has 27 heavy (non-hydrogen) atoms. The van der Waals surface area contributed by atoms with E-state index < -0.39 is 0 Å². The number of benzene rings is 2. The first-order valence-electron chi connectivity index (χ1n) is 8.07. The molecular weight excluding hydrogens is 403 g/mol. The summed E-state index contributed by atoms with van der Waals surface area (Å²) in [6, 6.07) is 14.4. The number of thiocarbonyl (C=S) groups is 1. The third-order valence-electron chi connectivity index (χ3n) is 3.74. The van der Waals surface area contributed by atoms with Crippen molar-refractivity contribution in [2.75, 3.05) is 10.6 Å². The molecule has 0 fully saturated rings. The Morgan fingerprint density at radius 3 is 2.67 bits per heavy atom. The quantitative estimate of drug-likeness (QED) is 0.437. The molecule has 1 aromatic heterocycles. The van der Waals surface area contributed by atoms with Crippen LogP contribution in [0.25, 0.3) is 0 Å². The molecule has 0 unspecified atom stereocenters. The average molecular weight is 419 g/mol. The second kappa shape index (κ2) is 8.52. The SMILES string of the molecule is CC(=O)c1cccc(NC(=S)Nc2ccn(Cc3ccc(Cl)c(Cl)c3)n2)c1. The lowest BCUT2D eigenvalue weighted by Crippen LogP contribution is -2.19. The van der Waals surface area contributed by atoms with Crippen LogP contribution in [0.15, 0.2) is 54.7 Å². The van der Waals surface area contributed by atoms with E-state index in [1.165, 1.54) is 6.92 Å². The summed E-state index contributed by atoms with van der Waals surface area (Å²) in [5.74, 6) is 0.605. The third-order valence-corrected chi connectivity index (χ3v) is 4.68. The van der Waals surface area contributed by atoms with E-state index in [9.17, 15) is 4.79 Å². The summed E-state index contributed by atoms with van der Waals surface area (Å²) < 4.78 is 1.76. The monoisotopic (exact) mass is 418 g/mol. The Morgan fingerprint density at radius 1 is 1.11 bits per heavy atom. The van der Waals surface area contributed by atoms with Gasteiger partial charge in [-0.15, -0.1) is 0 Å². The number of hydrogen-bond acceptors (Lipinski definition) is 3. The third kappa shape index (κ3) is 5.29. The second-order valence-corrected chi connectivity index (χ2v) is 7.09. The summed E-state index contributed by atoms with van der Waals surface area (Å²) >= 11 is 17.3. The highest BCUT2D eigenvalue weighted by Crippen LogP contribution is 2.23. The molecule has 138 valence electrons. The van der Waals surface area contributed by atoms with Crippen LogP contribution in [0.5, 0.6) is 0 Å². The Bertz CT molecular complexity index is 1000. The average Bonchev–Trinajstić information content (AvgIpc) is 3.05. The van der Waals surface area contributed by atoms with Gasteiger partial charge in [0.25, 0.3) is 0 Å². The largest absolute Gasteiger partial charge is 0.332 e. The molecule has 0 aliphatic carbocycles. The highest BCUT2D eigenvalue weighted by molar-refractivity contribution is 7.80. The van der Waals surface area contributed by atoms with Gasteiger partial charge in [0, 0.05) is 23.5 Å². The molecule has 3 aromatic rings. The van der Waals surface area contributed by atoms with Gasteiger partial charge in [0.2, 0.25) is 0 Å². The number of hydrogen-bond donors (Lipinski definition) is 2. The maximum Gasteiger partial charge on any atom is 0.176 e. The smallest absolute Gasteiger partial charge is 0.176 e. The van der Waals surface area contributed by atoms with Crippen molar-refractivity contribution in [2.45, 2.75) is 13.5 Å². The Labute approximate surface area is 172 Å². The number of halogens is 2. The van der Waals surface area contributed by atoms with Crippen LogP contribution in [-0.4, -0.2) is 20.7 Å². The van der Waals surface area contributed by atoms with Crippen molar-refractivity contribution in [1.82, 2.24) is 9.78 Å². The molecule has 0 amide bonds. The van der Waals surface area contributed by atoms with E-state index in [2.05, 4.69) is 15.7 Å². The Balaban J connectivity index is 1.61. The fraction of sp³-hybridized carbons (Fsp3) is 0.105. The van der Waals surface area contributed by atoms with E-state index in [0.717, 1.165) is 11.3 Å². The molecule has 3 rings (SSSR count). The van der Waals surface area contributed by atoms with Gasteiger partial charge in [-0.3, -0.25) is 9.48 Å². The molecule has 0 atom stereocenters. The van der Waals surface area contributed by atoms with Crippen LogP contribution in [-0.2, 0) is 6.54 Å². The van der Waals surface area contributed by atoms with Gasteiger partial charge in [-0.05, 0) is 49.0 Å². The van der Waals surface area contributed by atoms with E-state index in [1.54, 1.807) is 28.9 Å². The molecule has 0 saturated heterocycles. The number of nitrogens with zero attached hydrogens (tertiary/aromatic N) is 2. The van der Waals surface area contributed by atoms with Crippen molar-refractivity contribution in [3.05, 3.63) is 75.9 Å². The number of nitrogens with one attached hydrogen (secondary N) is 2. The lowest BCUT2D eigenvalue weighted by atomic mass is 10.1. The molecule has 1 heterocycles. The van der Waals surface area contributed by atoms with Crippen molar-refractivity contribution >= 4 is 57.8 Å². The second-order valence-electron chi connectivity index (χ2n) is 5.86. The van der Waals surface area contributed by atoms with E-state index in [4.69, 9.17) is 35.4 Å². The molecule has 0 radical (unpaired) electrons. The number of carbonyl (C=O) groups excluding carboxylic acids is 1.